The van der Waals surface area contributed by atoms with E-state index in [0.29, 0.717) is 30.4 Å². The maximum Gasteiger partial charge on any atom is 0.131 e. The van der Waals surface area contributed by atoms with E-state index < -0.39 is 0 Å². The number of ether oxygens (including phenoxy) is 1. The first kappa shape index (κ1) is 15.9. The fourth-order valence-electron chi connectivity index (χ4n) is 2.33. The van der Waals surface area contributed by atoms with Crippen molar-refractivity contribution in [3.8, 4) is 5.75 Å². The number of halogens is 1. The predicted molar refractivity (Wildman–Crippen MR) is 74.8 cm³/mol. The minimum absolute atomic E-state index is 0.0915. The Hall–Kier alpha value is -1.13. The Morgan fingerprint density at radius 2 is 2.00 bits per heavy atom. The van der Waals surface area contributed by atoms with E-state index in [2.05, 4.69) is 18.7 Å². The summed E-state index contributed by atoms with van der Waals surface area (Å²) in [6, 6.07) is 5.29. The molecule has 0 atom stereocenters. The van der Waals surface area contributed by atoms with E-state index in [1.54, 1.807) is 12.1 Å². The Kier molecular flexibility index (Phi) is 6.81. The van der Waals surface area contributed by atoms with Crippen LogP contribution in [0.25, 0.3) is 0 Å². The Balaban J connectivity index is 2.83. The van der Waals surface area contributed by atoms with E-state index >= 15 is 0 Å². The molecule has 0 heterocycles. The normalized spacial score (nSPS) is 11.3. The molecule has 1 N–H and O–H groups in total. The number of hydrogen-bond donors (Lipinski definition) is 1. The average Bonchev–Trinajstić information content (AvgIpc) is 2.42. The van der Waals surface area contributed by atoms with E-state index in [1.807, 2.05) is 0 Å². The van der Waals surface area contributed by atoms with Crippen LogP contribution in [0.1, 0.15) is 32.3 Å². The molecule has 0 spiro atoms. The van der Waals surface area contributed by atoms with Crippen molar-refractivity contribution in [2.75, 3.05) is 20.3 Å². The van der Waals surface area contributed by atoms with Crippen LogP contribution in [-0.2, 0) is 6.54 Å². The molecule has 0 amide bonds. The fraction of sp³-hybridized carbons (Fsp3) is 0.600. The quantitative estimate of drug-likeness (QED) is 0.787. The van der Waals surface area contributed by atoms with Gasteiger partial charge in [-0.25, -0.2) is 4.39 Å². The molecule has 3 nitrogen and oxygen atoms in total. The van der Waals surface area contributed by atoms with Gasteiger partial charge in [0.15, 0.2) is 0 Å². The molecule has 0 bridgehead atoms. The molecule has 108 valence electrons. The maximum absolute atomic E-state index is 13.9. The van der Waals surface area contributed by atoms with Crippen LogP contribution in [0.3, 0.4) is 0 Å². The van der Waals surface area contributed by atoms with E-state index in [1.165, 1.54) is 13.2 Å². The molecular weight excluding hydrogens is 245 g/mol. The Labute approximate surface area is 115 Å². The molecule has 1 aromatic rings. The van der Waals surface area contributed by atoms with Crippen molar-refractivity contribution in [2.24, 2.45) is 0 Å². The molecule has 0 aliphatic carbocycles. The lowest BCUT2D eigenvalue weighted by molar-refractivity contribution is 0.135. The number of aliphatic hydroxyl groups is 1. The molecule has 19 heavy (non-hydrogen) atoms. The Morgan fingerprint density at radius 1 is 1.32 bits per heavy atom. The topological polar surface area (TPSA) is 32.7 Å². The number of methoxy groups -OCH3 is 1. The van der Waals surface area contributed by atoms with Gasteiger partial charge in [-0.05, 0) is 18.9 Å². The van der Waals surface area contributed by atoms with Crippen molar-refractivity contribution in [3.63, 3.8) is 0 Å². The number of aliphatic hydroxyl groups excluding tert-OH is 1. The van der Waals surface area contributed by atoms with Gasteiger partial charge in [-0.15, -0.1) is 0 Å². The van der Waals surface area contributed by atoms with Crippen LogP contribution in [0.2, 0.25) is 0 Å². The zero-order valence-corrected chi connectivity index (χ0v) is 12.0. The lowest BCUT2D eigenvalue weighted by atomic mass is 10.1. The van der Waals surface area contributed by atoms with Crippen molar-refractivity contribution in [1.29, 1.82) is 0 Å². The first-order valence-corrected chi connectivity index (χ1v) is 6.83. The first-order chi connectivity index (χ1) is 9.15. The van der Waals surface area contributed by atoms with Crippen LogP contribution in [0, 0.1) is 5.82 Å². The fourth-order valence-corrected chi connectivity index (χ4v) is 2.33. The van der Waals surface area contributed by atoms with Gasteiger partial charge in [0.2, 0.25) is 0 Å². The summed E-state index contributed by atoms with van der Waals surface area (Å²) in [6.45, 7) is 5.40. The van der Waals surface area contributed by atoms with Gasteiger partial charge in [0, 0.05) is 30.8 Å². The monoisotopic (exact) mass is 269 g/mol. The number of nitrogens with zero attached hydrogens (tertiary/aromatic N) is 1. The van der Waals surface area contributed by atoms with E-state index in [9.17, 15) is 4.39 Å². The molecule has 0 radical (unpaired) electrons. The third-order valence-corrected chi connectivity index (χ3v) is 3.48. The number of hydrogen-bond acceptors (Lipinski definition) is 3. The zero-order chi connectivity index (χ0) is 14.3. The molecule has 4 heteroatoms. The van der Waals surface area contributed by atoms with Crippen LogP contribution in [-0.4, -0.2) is 36.3 Å². The van der Waals surface area contributed by atoms with Crippen molar-refractivity contribution >= 4 is 0 Å². The van der Waals surface area contributed by atoms with Gasteiger partial charge in [-0.2, -0.15) is 0 Å². The Bertz CT molecular complexity index is 380. The minimum Gasteiger partial charge on any atom is -0.497 e. The summed E-state index contributed by atoms with van der Waals surface area (Å²) in [7, 11) is 1.52. The van der Waals surface area contributed by atoms with Crippen molar-refractivity contribution in [3.05, 3.63) is 29.6 Å². The summed E-state index contributed by atoms with van der Waals surface area (Å²) in [6.07, 6.45) is 1.99. The molecule has 0 saturated carbocycles. The summed E-state index contributed by atoms with van der Waals surface area (Å²) in [5.74, 6) is 0.269. The highest BCUT2D eigenvalue weighted by molar-refractivity contribution is 5.28. The molecule has 0 fully saturated rings. The Morgan fingerprint density at radius 3 is 2.47 bits per heavy atom. The minimum atomic E-state index is -0.256. The van der Waals surface area contributed by atoms with Gasteiger partial charge in [0.05, 0.1) is 13.7 Å². The first-order valence-electron chi connectivity index (χ1n) is 6.83. The maximum atomic E-state index is 13.9. The zero-order valence-electron chi connectivity index (χ0n) is 12.0. The second kappa shape index (κ2) is 8.12. The summed E-state index contributed by atoms with van der Waals surface area (Å²) in [5, 5.41) is 9.15. The molecule has 0 aliphatic heterocycles. The van der Waals surface area contributed by atoms with Crippen molar-refractivity contribution in [2.45, 2.75) is 39.3 Å². The summed E-state index contributed by atoms with van der Waals surface area (Å²) >= 11 is 0. The second-order valence-electron chi connectivity index (χ2n) is 4.62. The van der Waals surface area contributed by atoms with Gasteiger partial charge in [-0.1, -0.05) is 19.9 Å². The molecule has 1 rings (SSSR count). The van der Waals surface area contributed by atoms with Crippen LogP contribution in [0.4, 0.5) is 4.39 Å². The largest absolute Gasteiger partial charge is 0.497 e. The summed E-state index contributed by atoms with van der Waals surface area (Å²) in [5.41, 5.74) is 0.640. The number of benzene rings is 1. The smallest absolute Gasteiger partial charge is 0.131 e. The molecular formula is C15H24FNO2. The summed E-state index contributed by atoms with van der Waals surface area (Å²) in [4.78, 5) is 2.13. The third kappa shape index (κ3) is 4.48. The SMILES string of the molecule is CCC(CC)N(CCO)Cc1ccc(OC)cc1F. The van der Waals surface area contributed by atoms with Crippen molar-refractivity contribution < 1.29 is 14.2 Å². The lowest BCUT2D eigenvalue weighted by Gasteiger charge is -2.30. The molecule has 0 unspecified atom stereocenters. The molecule has 0 aliphatic rings. The average molecular weight is 269 g/mol. The van der Waals surface area contributed by atoms with Gasteiger partial charge in [-0.3, -0.25) is 4.90 Å². The van der Waals surface area contributed by atoms with Crippen LogP contribution in [0.5, 0.6) is 5.75 Å². The van der Waals surface area contributed by atoms with E-state index in [-0.39, 0.29) is 12.4 Å². The van der Waals surface area contributed by atoms with Gasteiger partial charge < -0.3 is 9.84 Å². The summed E-state index contributed by atoms with van der Waals surface area (Å²) < 4.78 is 18.9. The van der Waals surface area contributed by atoms with Crippen LogP contribution in [0.15, 0.2) is 18.2 Å². The number of rotatable bonds is 8. The van der Waals surface area contributed by atoms with E-state index in [4.69, 9.17) is 9.84 Å². The lowest BCUT2D eigenvalue weighted by Crippen LogP contribution is -2.36. The van der Waals surface area contributed by atoms with Gasteiger partial charge >= 0.3 is 0 Å². The highest BCUT2D eigenvalue weighted by atomic mass is 19.1. The molecule has 0 aromatic heterocycles. The molecule has 0 saturated heterocycles. The highest BCUT2D eigenvalue weighted by Gasteiger charge is 2.16. The molecule has 1 aromatic carbocycles. The van der Waals surface area contributed by atoms with Crippen molar-refractivity contribution in [1.82, 2.24) is 4.90 Å². The van der Waals surface area contributed by atoms with Gasteiger partial charge in [0.25, 0.3) is 0 Å². The van der Waals surface area contributed by atoms with Crippen LogP contribution < -0.4 is 4.74 Å². The van der Waals surface area contributed by atoms with Crippen LogP contribution >= 0.6 is 0 Å². The van der Waals surface area contributed by atoms with Gasteiger partial charge in [0.1, 0.15) is 11.6 Å². The third-order valence-electron chi connectivity index (χ3n) is 3.48. The predicted octanol–water partition coefficient (Wildman–Crippen LogP) is 2.82. The highest BCUT2D eigenvalue weighted by Crippen LogP contribution is 2.19. The second-order valence-corrected chi connectivity index (χ2v) is 4.62. The van der Waals surface area contributed by atoms with E-state index in [0.717, 1.165) is 12.8 Å². The standard InChI is InChI=1S/C15H24FNO2/c1-4-13(5-2)17(8-9-18)11-12-6-7-14(19-3)10-15(12)16/h6-7,10,13,18H,4-5,8-9,11H2,1-3H3.